The molecule has 0 bridgehead atoms. The number of aryl methyl sites for hydroxylation is 1. The number of hydrogen-bond acceptors (Lipinski definition) is 3. The first-order chi connectivity index (χ1) is 8.00. The van der Waals surface area contributed by atoms with Crippen molar-refractivity contribution in [3.05, 3.63) is 34.2 Å². The number of rotatable bonds is 3. The van der Waals surface area contributed by atoms with Crippen LogP contribution in [0.25, 0.3) is 0 Å². The van der Waals surface area contributed by atoms with Gasteiger partial charge in [0.05, 0.1) is 0 Å². The van der Waals surface area contributed by atoms with E-state index in [9.17, 15) is 9.59 Å². The molecule has 1 aromatic rings. The highest BCUT2D eigenvalue weighted by atomic mass is 16.2. The third kappa shape index (κ3) is 2.55. The van der Waals surface area contributed by atoms with Gasteiger partial charge in [0.1, 0.15) is 0 Å². The molecule has 1 aliphatic rings. The zero-order chi connectivity index (χ0) is 12.5. The molecule has 17 heavy (non-hydrogen) atoms. The average Bonchev–Trinajstić information content (AvgIpc) is 2.27. The van der Waals surface area contributed by atoms with Crippen LogP contribution in [0.2, 0.25) is 0 Å². The summed E-state index contributed by atoms with van der Waals surface area (Å²) in [4.78, 5) is 23.2. The van der Waals surface area contributed by atoms with Gasteiger partial charge in [-0.15, -0.1) is 0 Å². The van der Waals surface area contributed by atoms with E-state index in [1.165, 1.54) is 10.6 Å². The van der Waals surface area contributed by atoms with Gasteiger partial charge < -0.3 is 15.6 Å². The lowest BCUT2D eigenvalue weighted by atomic mass is 9.78. The molecular formula is C12H17N3O2. The Morgan fingerprint density at radius 2 is 2.29 bits per heavy atom. The van der Waals surface area contributed by atoms with Gasteiger partial charge in [0, 0.05) is 37.0 Å². The summed E-state index contributed by atoms with van der Waals surface area (Å²) in [5.41, 5.74) is 5.96. The summed E-state index contributed by atoms with van der Waals surface area (Å²) in [5.74, 6) is -0.237. The van der Waals surface area contributed by atoms with E-state index in [2.05, 4.69) is 5.32 Å². The topological polar surface area (TPSA) is 77.1 Å². The minimum absolute atomic E-state index is 0.191. The summed E-state index contributed by atoms with van der Waals surface area (Å²) in [6.07, 6.45) is 4.60. The normalized spacial score (nSPS) is 17.3. The van der Waals surface area contributed by atoms with Crippen LogP contribution >= 0.6 is 0 Å². The van der Waals surface area contributed by atoms with Crippen molar-refractivity contribution < 1.29 is 4.79 Å². The first-order valence-corrected chi connectivity index (χ1v) is 5.74. The fourth-order valence-corrected chi connectivity index (χ4v) is 1.86. The Morgan fingerprint density at radius 1 is 1.59 bits per heavy atom. The van der Waals surface area contributed by atoms with Gasteiger partial charge in [-0.2, -0.15) is 0 Å². The van der Waals surface area contributed by atoms with Crippen molar-refractivity contribution >= 4 is 5.91 Å². The van der Waals surface area contributed by atoms with Crippen LogP contribution in [0.1, 0.15) is 29.6 Å². The molecule has 5 heteroatoms. The molecular weight excluding hydrogens is 218 g/mol. The Bertz CT molecular complexity index is 489. The molecule has 3 N–H and O–H groups in total. The fraction of sp³-hybridized carbons (Fsp3) is 0.500. The molecule has 5 nitrogen and oxygen atoms in total. The van der Waals surface area contributed by atoms with E-state index in [0.29, 0.717) is 12.1 Å². The SMILES string of the molecule is Cn1ccc(C(=O)NCC2(N)CCC2)cc1=O. The number of carbonyl (C=O) groups excluding carboxylic acids is 1. The van der Waals surface area contributed by atoms with Crippen LogP contribution in [0.3, 0.4) is 0 Å². The van der Waals surface area contributed by atoms with Gasteiger partial charge in [0.15, 0.2) is 0 Å². The monoisotopic (exact) mass is 235 g/mol. The minimum Gasteiger partial charge on any atom is -0.350 e. The van der Waals surface area contributed by atoms with Crippen LogP contribution in [0.15, 0.2) is 23.1 Å². The van der Waals surface area contributed by atoms with E-state index in [0.717, 1.165) is 19.3 Å². The predicted octanol–water partition coefficient (Wildman–Crippen LogP) is -0.00350. The quantitative estimate of drug-likeness (QED) is 0.774. The fourth-order valence-electron chi connectivity index (χ4n) is 1.86. The van der Waals surface area contributed by atoms with Crippen LogP contribution in [-0.2, 0) is 7.05 Å². The highest BCUT2D eigenvalue weighted by Crippen LogP contribution is 2.28. The van der Waals surface area contributed by atoms with Crippen molar-refractivity contribution in [3.8, 4) is 0 Å². The molecule has 0 aliphatic heterocycles. The Hall–Kier alpha value is -1.62. The van der Waals surface area contributed by atoms with Crippen molar-refractivity contribution in [2.24, 2.45) is 12.8 Å². The maximum Gasteiger partial charge on any atom is 0.251 e. The first kappa shape index (κ1) is 11.9. The van der Waals surface area contributed by atoms with E-state index in [-0.39, 0.29) is 17.0 Å². The molecule has 0 radical (unpaired) electrons. The summed E-state index contributed by atoms with van der Waals surface area (Å²) in [6.45, 7) is 0.473. The molecule has 0 saturated heterocycles. The molecule has 1 aliphatic carbocycles. The third-order valence-corrected chi connectivity index (χ3v) is 3.32. The zero-order valence-corrected chi connectivity index (χ0v) is 9.90. The molecule has 0 spiro atoms. The Balaban J connectivity index is 1.99. The second-order valence-corrected chi connectivity index (χ2v) is 4.76. The molecule has 1 heterocycles. The number of amides is 1. The maximum atomic E-state index is 11.8. The Labute approximate surface area is 99.6 Å². The van der Waals surface area contributed by atoms with Gasteiger partial charge in [-0.25, -0.2) is 0 Å². The van der Waals surface area contributed by atoms with Crippen LogP contribution in [0.5, 0.6) is 0 Å². The third-order valence-electron chi connectivity index (χ3n) is 3.32. The van der Waals surface area contributed by atoms with Crippen molar-refractivity contribution in [1.29, 1.82) is 0 Å². The van der Waals surface area contributed by atoms with E-state index in [1.54, 1.807) is 19.3 Å². The van der Waals surface area contributed by atoms with Gasteiger partial charge in [-0.3, -0.25) is 9.59 Å². The second-order valence-electron chi connectivity index (χ2n) is 4.76. The zero-order valence-electron chi connectivity index (χ0n) is 9.90. The van der Waals surface area contributed by atoms with Crippen LogP contribution in [0, 0.1) is 0 Å². The highest BCUT2D eigenvalue weighted by molar-refractivity contribution is 5.94. The van der Waals surface area contributed by atoms with Crippen molar-refractivity contribution in [2.75, 3.05) is 6.54 Å². The molecule has 1 saturated carbocycles. The predicted molar refractivity (Wildman–Crippen MR) is 64.8 cm³/mol. The van der Waals surface area contributed by atoms with Crippen molar-refractivity contribution in [2.45, 2.75) is 24.8 Å². The standard InChI is InChI=1S/C12H17N3O2/c1-15-6-3-9(7-10(15)16)11(17)14-8-12(13)4-2-5-12/h3,6-7H,2,4-5,8,13H2,1H3,(H,14,17). The van der Waals surface area contributed by atoms with Crippen LogP contribution in [0.4, 0.5) is 0 Å². The lowest BCUT2D eigenvalue weighted by Gasteiger charge is -2.38. The maximum absolute atomic E-state index is 11.8. The molecule has 0 atom stereocenters. The van der Waals surface area contributed by atoms with Gasteiger partial charge in [0.25, 0.3) is 11.5 Å². The smallest absolute Gasteiger partial charge is 0.251 e. The van der Waals surface area contributed by atoms with E-state index < -0.39 is 0 Å². The number of hydrogen-bond donors (Lipinski definition) is 2. The average molecular weight is 235 g/mol. The molecule has 1 fully saturated rings. The number of nitrogens with zero attached hydrogens (tertiary/aromatic N) is 1. The Kier molecular flexibility index (Phi) is 3.02. The number of pyridine rings is 1. The summed E-state index contributed by atoms with van der Waals surface area (Å²) in [7, 11) is 1.65. The van der Waals surface area contributed by atoms with E-state index in [1.807, 2.05) is 0 Å². The molecule has 0 aromatic carbocycles. The minimum atomic E-state index is -0.241. The first-order valence-electron chi connectivity index (χ1n) is 5.74. The number of nitrogens with one attached hydrogen (secondary N) is 1. The van der Waals surface area contributed by atoms with E-state index >= 15 is 0 Å². The van der Waals surface area contributed by atoms with Gasteiger partial charge in [0.2, 0.25) is 0 Å². The Morgan fingerprint density at radius 3 is 2.82 bits per heavy atom. The highest BCUT2D eigenvalue weighted by Gasteiger charge is 2.32. The molecule has 1 aromatic heterocycles. The van der Waals surface area contributed by atoms with Crippen LogP contribution < -0.4 is 16.6 Å². The lowest BCUT2D eigenvalue weighted by molar-refractivity contribution is 0.0929. The van der Waals surface area contributed by atoms with E-state index in [4.69, 9.17) is 5.73 Å². The number of carbonyl (C=O) groups is 1. The molecule has 2 rings (SSSR count). The number of nitrogens with two attached hydrogens (primary N) is 1. The summed E-state index contributed by atoms with van der Waals surface area (Å²) < 4.78 is 1.42. The van der Waals surface area contributed by atoms with Crippen molar-refractivity contribution in [1.82, 2.24) is 9.88 Å². The molecule has 1 amide bonds. The van der Waals surface area contributed by atoms with Crippen LogP contribution in [-0.4, -0.2) is 22.6 Å². The number of aromatic nitrogens is 1. The van der Waals surface area contributed by atoms with Gasteiger partial charge in [-0.1, -0.05) is 0 Å². The van der Waals surface area contributed by atoms with Gasteiger partial charge >= 0.3 is 0 Å². The summed E-state index contributed by atoms with van der Waals surface area (Å²) in [5, 5.41) is 2.78. The molecule has 0 unspecified atom stereocenters. The van der Waals surface area contributed by atoms with Gasteiger partial charge in [-0.05, 0) is 25.3 Å². The second kappa shape index (κ2) is 4.33. The summed E-state index contributed by atoms with van der Waals surface area (Å²) in [6, 6.07) is 2.96. The largest absolute Gasteiger partial charge is 0.350 e. The van der Waals surface area contributed by atoms with Crippen molar-refractivity contribution in [3.63, 3.8) is 0 Å². The lowest BCUT2D eigenvalue weighted by Crippen LogP contribution is -2.55. The summed E-state index contributed by atoms with van der Waals surface area (Å²) >= 11 is 0. The molecule has 92 valence electrons.